The first-order valence-corrected chi connectivity index (χ1v) is 6.53. The molecule has 2 rings (SSSR count). The van der Waals surface area contributed by atoms with E-state index in [-0.39, 0.29) is 0 Å². The van der Waals surface area contributed by atoms with E-state index < -0.39 is 5.91 Å². The Kier molecular flexibility index (Phi) is 4.34. The van der Waals surface area contributed by atoms with Crippen molar-refractivity contribution in [3.05, 3.63) is 34.4 Å². The number of aromatic nitrogens is 1. The van der Waals surface area contributed by atoms with Crippen LogP contribution in [0.2, 0.25) is 0 Å². The van der Waals surface area contributed by atoms with Crippen molar-refractivity contribution in [2.24, 2.45) is 5.73 Å². The Labute approximate surface area is 119 Å². The van der Waals surface area contributed by atoms with Crippen LogP contribution in [0.15, 0.2) is 28.9 Å². The molecular weight excluding hydrogens is 310 g/mol. The Hall–Kier alpha value is -1.66. The molecule has 0 radical (unpaired) electrons. The molecular formula is C13H14BrN3O2. The Morgan fingerprint density at radius 2 is 2.32 bits per heavy atom. The number of nitrogens with two attached hydrogens (primary N) is 1. The van der Waals surface area contributed by atoms with E-state index in [1.807, 2.05) is 18.2 Å². The SMILES string of the molecule is COCCNc1c(C(N)=O)cnc2ccc(Br)cc12. The average molecular weight is 324 g/mol. The van der Waals surface area contributed by atoms with Crippen molar-refractivity contribution in [1.29, 1.82) is 0 Å². The second kappa shape index (κ2) is 5.99. The van der Waals surface area contributed by atoms with Gasteiger partial charge >= 0.3 is 0 Å². The summed E-state index contributed by atoms with van der Waals surface area (Å²) in [6.07, 6.45) is 1.49. The lowest BCUT2D eigenvalue weighted by molar-refractivity contribution is 0.100. The van der Waals surface area contributed by atoms with Crippen molar-refractivity contribution >= 4 is 38.4 Å². The lowest BCUT2D eigenvalue weighted by Gasteiger charge is -2.13. The maximum absolute atomic E-state index is 11.5. The van der Waals surface area contributed by atoms with Gasteiger partial charge in [-0.05, 0) is 18.2 Å². The van der Waals surface area contributed by atoms with Gasteiger partial charge in [0.05, 0.1) is 23.4 Å². The number of pyridine rings is 1. The van der Waals surface area contributed by atoms with Crippen molar-refractivity contribution < 1.29 is 9.53 Å². The zero-order valence-corrected chi connectivity index (χ0v) is 12.0. The molecule has 1 amide bonds. The summed E-state index contributed by atoms with van der Waals surface area (Å²) in [5.41, 5.74) is 7.25. The summed E-state index contributed by atoms with van der Waals surface area (Å²) in [4.78, 5) is 15.7. The van der Waals surface area contributed by atoms with Gasteiger partial charge in [0.2, 0.25) is 0 Å². The number of hydrogen-bond acceptors (Lipinski definition) is 4. The van der Waals surface area contributed by atoms with E-state index >= 15 is 0 Å². The molecule has 2 aromatic rings. The standard InChI is InChI=1S/C13H14BrN3O2/c1-19-5-4-16-12-9-6-8(14)2-3-11(9)17-7-10(12)13(15)18/h2-3,6-7H,4-5H2,1H3,(H2,15,18)(H,16,17). The predicted octanol–water partition coefficient (Wildman–Crippen LogP) is 2.15. The highest BCUT2D eigenvalue weighted by molar-refractivity contribution is 9.10. The van der Waals surface area contributed by atoms with Crippen molar-refractivity contribution in [1.82, 2.24) is 4.98 Å². The van der Waals surface area contributed by atoms with Crippen LogP contribution in [-0.2, 0) is 4.74 Å². The number of anilines is 1. The minimum absolute atomic E-state index is 0.377. The molecule has 1 aromatic carbocycles. The number of fused-ring (bicyclic) bond motifs is 1. The Morgan fingerprint density at radius 3 is 3.00 bits per heavy atom. The fraction of sp³-hybridized carbons (Fsp3) is 0.231. The van der Waals surface area contributed by atoms with Gasteiger partial charge < -0.3 is 15.8 Å². The summed E-state index contributed by atoms with van der Waals surface area (Å²) >= 11 is 3.41. The van der Waals surface area contributed by atoms with E-state index in [1.165, 1.54) is 6.20 Å². The number of ether oxygens (including phenoxy) is 1. The molecule has 1 heterocycles. The number of rotatable bonds is 5. The molecule has 0 saturated carbocycles. The summed E-state index contributed by atoms with van der Waals surface area (Å²) in [7, 11) is 1.62. The molecule has 6 heteroatoms. The number of carbonyl (C=O) groups excluding carboxylic acids is 1. The highest BCUT2D eigenvalue weighted by Gasteiger charge is 2.13. The third-order valence-corrected chi connectivity index (χ3v) is 3.20. The summed E-state index contributed by atoms with van der Waals surface area (Å²) in [5.74, 6) is -0.505. The summed E-state index contributed by atoms with van der Waals surface area (Å²) in [6, 6.07) is 5.69. The maximum atomic E-state index is 11.5. The van der Waals surface area contributed by atoms with Crippen LogP contribution in [0.4, 0.5) is 5.69 Å². The van der Waals surface area contributed by atoms with Gasteiger partial charge in [0, 0.05) is 29.7 Å². The van der Waals surface area contributed by atoms with Gasteiger partial charge in [-0.2, -0.15) is 0 Å². The van der Waals surface area contributed by atoms with E-state index in [2.05, 4.69) is 26.2 Å². The molecule has 1 aromatic heterocycles. The van der Waals surface area contributed by atoms with Crippen LogP contribution in [0.25, 0.3) is 10.9 Å². The Morgan fingerprint density at radius 1 is 1.53 bits per heavy atom. The van der Waals surface area contributed by atoms with E-state index in [9.17, 15) is 4.79 Å². The van der Waals surface area contributed by atoms with Crippen molar-refractivity contribution in [3.8, 4) is 0 Å². The zero-order chi connectivity index (χ0) is 13.8. The molecule has 100 valence electrons. The Balaban J connectivity index is 2.54. The van der Waals surface area contributed by atoms with E-state index in [0.29, 0.717) is 24.4 Å². The molecule has 0 aliphatic carbocycles. The van der Waals surface area contributed by atoms with Gasteiger partial charge in [0.25, 0.3) is 5.91 Å². The van der Waals surface area contributed by atoms with Crippen LogP contribution in [-0.4, -0.2) is 31.2 Å². The van der Waals surface area contributed by atoms with Gasteiger partial charge in [-0.15, -0.1) is 0 Å². The number of nitrogens with one attached hydrogen (secondary N) is 1. The molecule has 0 unspecified atom stereocenters. The number of hydrogen-bond donors (Lipinski definition) is 2. The number of nitrogens with zero attached hydrogens (tertiary/aromatic N) is 1. The van der Waals surface area contributed by atoms with Crippen LogP contribution in [0.1, 0.15) is 10.4 Å². The number of amides is 1. The van der Waals surface area contributed by atoms with Gasteiger partial charge in [0.15, 0.2) is 0 Å². The fourth-order valence-electron chi connectivity index (χ4n) is 1.82. The van der Waals surface area contributed by atoms with Gasteiger partial charge in [0.1, 0.15) is 0 Å². The normalized spacial score (nSPS) is 10.6. The summed E-state index contributed by atoms with van der Waals surface area (Å²) in [5, 5.41) is 4.03. The van der Waals surface area contributed by atoms with E-state index in [4.69, 9.17) is 10.5 Å². The van der Waals surface area contributed by atoms with Gasteiger partial charge in [-0.3, -0.25) is 9.78 Å². The monoisotopic (exact) mass is 323 g/mol. The van der Waals surface area contributed by atoms with E-state index in [0.717, 1.165) is 15.4 Å². The number of halogens is 1. The smallest absolute Gasteiger partial charge is 0.252 e. The lowest BCUT2D eigenvalue weighted by Crippen LogP contribution is -2.17. The first kappa shape index (κ1) is 13.8. The van der Waals surface area contributed by atoms with Crippen molar-refractivity contribution in [2.45, 2.75) is 0 Å². The third-order valence-electron chi connectivity index (χ3n) is 2.70. The summed E-state index contributed by atoms with van der Waals surface area (Å²) in [6.45, 7) is 1.12. The third kappa shape index (κ3) is 3.02. The van der Waals surface area contributed by atoms with E-state index in [1.54, 1.807) is 7.11 Å². The molecule has 0 fully saturated rings. The molecule has 3 N–H and O–H groups in total. The highest BCUT2D eigenvalue weighted by Crippen LogP contribution is 2.28. The molecule has 0 aliphatic rings. The minimum atomic E-state index is -0.505. The number of primary amides is 1. The second-order valence-electron chi connectivity index (χ2n) is 3.99. The van der Waals surface area contributed by atoms with Crippen molar-refractivity contribution in [3.63, 3.8) is 0 Å². The maximum Gasteiger partial charge on any atom is 0.252 e. The number of benzene rings is 1. The van der Waals surface area contributed by atoms with Crippen molar-refractivity contribution in [2.75, 3.05) is 25.6 Å². The molecule has 19 heavy (non-hydrogen) atoms. The zero-order valence-electron chi connectivity index (χ0n) is 10.4. The minimum Gasteiger partial charge on any atom is -0.383 e. The topological polar surface area (TPSA) is 77.2 Å². The van der Waals surface area contributed by atoms with Crippen LogP contribution in [0.5, 0.6) is 0 Å². The van der Waals surface area contributed by atoms with Gasteiger partial charge in [-0.25, -0.2) is 0 Å². The van der Waals surface area contributed by atoms with Crippen LogP contribution >= 0.6 is 15.9 Å². The number of carbonyl (C=O) groups is 1. The molecule has 0 atom stereocenters. The quantitative estimate of drug-likeness (QED) is 0.826. The second-order valence-corrected chi connectivity index (χ2v) is 4.91. The first-order valence-electron chi connectivity index (χ1n) is 5.74. The molecule has 0 saturated heterocycles. The largest absolute Gasteiger partial charge is 0.383 e. The molecule has 0 aliphatic heterocycles. The van der Waals surface area contributed by atoms with Crippen LogP contribution in [0.3, 0.4) is 0 Å². The molecule has 5 nitrogen and oxygen atoms in total. The van der Waals surface area contributed by atoms with Crippen LogP contribution in [0, 0.1) is 0 Å². The molecule has 0 spiro atoms. The average Bonchev–Trinajstić information content (AvgIpc) is 2.38. The highest BCUT2D eigenvalue weighted by atomic mass is 79.9. The Bertz CT molecular complexity index is 616. The summed E-state index contributed by atoms with van der Waals surface area (Å²) < 4.78 is 5.91. The fourth-order valence-corrected chi connectivity index (χ4v) is 2.18. The van der Waals surface area contributed by atoms with Crippen LogP contribution < -0.4 is 11.1 Å². The molecule has 0 bridgehead atoms. The first-order chi connectivity index (χ1) is 9.13. The predicted molar refractivity (Wildman–Crippen MR) is 78.3 cm³/mol. The number of methoxy groups -OCH3 is 1. The lowest BCUT2D eigenvalue weighted by atomic mass is 10.1. The van der Waals surface area contributed by atoms with Gasteiger partial charge in [-0.1, -0.05) is 15.9 Å².